The molecule has 0 fully saturated rings. The van der Waals surface area contributed by atoms with Gasteiger partial charge in [-0.3, -0.25) is 0 Å². The Morgan fingerprint density at radius 3 is 1.46 bits per heavy atom. The molecule has 0 saturated heterocycles. The molecule has 0 spiro atoms. The molecule has 0 bridgehead atoms. The van der Waals surface area contributed by atoms with Crippen LogP contribution in [0.3, 0.4) is 0 Å². The summed E-state index contributed by atoms with van der Waals surface area (Å²) in [5.74, 6) is 0. The van der Waals surface area contributed by atoms with Crippen LogP contribution >= 0.6 is 0 Å². The van der Waals surface area contributed by atoms with Gasteiger partial charge in [0.15, 0.2) is 0 Å². The molecule has 13 heavy (non-hydrogen) atoms. The zero-order chi connectivity index (χ0) is 10.1. The van der Waals surface area contributed by atoms with Gasteiger partial charge in [-0.2, -0.15) is 0 Å². The minimum atomic E-state index is 0.439. The predicted octanol–water partition coefficient (Wildman–Crippen LogP) is 3.01. The minimum Gasteiger partial charge on any atom is -0.381 e. The topological polar surface area (TPSA) is 18.5 Å². The number of ether oxygens (including phenoxy) is 2. The molecule has 0 rings (SSSR count). The quantitative estimate of drug-likeness (QED) is 0.583. The van der Waals surface area contributed by atoms with Crippen molar-refractivity contribution >= 4 is 0 Å². The van der Waals surface area contributed by atoms with E-state index < -0.39 is 0 Å². The molecule has 0 aliphatic carbocycles. The molecular formula is C11H24O2. The molecule has 80 valence electrons. The minimum absolute atomic E-state index is 0.439. The van der Waals surface area contributed by atoms with Crippen LogP contribution in [0.5, 0.6) is 0 Å². The van der Waals surface area contributed by atoms with Crippen molar-refractivity contribution in [3.8, 4) is 0 Å². The van der Waals surface area contributed by atoms with Gasteiger partial charge >= 0.3 is 0 Å². The summed E-state index contributed by atoms with van der Waals surface area (Å²) in [6, 6.07) is 0. The van der Waals surface area contributed by atoms with Gasteiger partial charge in [-0.25, -0.2) is 0 Å². The highest BCUT2D eigenvalue weighted by atomic mass is 16.5. The molecule has 0 aromatic carbocycles. The van der Waals surface area contributed by atoms with Gasteiger partial charge in [0.1, 0.15) is 0 Å². The number of methoxy groups -OCH3 is 2. The summed E-state index contributed by atoms with van der Waals surface area (Å²) in [7, 11) is 3.59. The fourth-order valence-corrected chi connectivity index (χ4v) is 1.55. The smallest absolute Gasteiger partial charge is 0.0568 e. The SMILES string of the molecule is CCC(CCCC(CC)OC)OC. The number of hydrogen-bond donors (Lipinski definition) is 0. The third-order valence-corrected chi connectivity index (χ3v) is 2.63. The highest BCUT2D eigenvalue weighted by Crippen LogP contribution is 2.12. The van der Waals surface area contributed by atoms with Crippen molar-refractivity contribution in [2.45, 2.75) is 58.2 Å². The van der Waals surface area contributed by atoms with E-state index in [-0.39, 0.29) is 0 Å². The van der Waals surface area contributed by atoms with Crippen molar-refractivity contribution < 1.29 is 9.47 Å². The predicted molar refractivity (Wildman–Crippen MR) is 56.0 cm³/mol. The first-order valence-corrected chi connectivity index (χ1v) is 5.34. The summed E-state index contributed by atoms with van der Waals surface area (Å²) in [6.07, 6.45) is 6.63. The van der Waals surface area contributed by atoms with Gasteiger partial charge in [0.2, 0.25) is 0 Å². The molecule has 0 amide bonds. The van der Waals surface area contributed by atoms with Gasteiger partial charge < -0.3 is 9.47 Å². The van der Waals surface area contributed by atoms with Crippen molar-refractivity contribution in [1.82, 2.24) is 0 Å². The largest absolute Gasteiger partial charge is 0.381 e. The first kappa shape index (κ1) is 12.9. The Balaban J connectivity index is 3.41. The molecule has 0 aromatic rings. The normalized spacial score (nSPS) is 15.7. The third kappa shape index (κ3) is 6.05. The molecule has 0 aliphatic heterocycles. The fraction of sp³-hybridized carbons (Fsp3) is 1.00. The average molecular weight is 188 g/mol. The second-order valence-corrected chi connectivity index (χ2v) is 3.46. The van der Waals surface area contributed by atoms with E-state index in [1.54, 1.807) is 14.2 Å². The summed E-state index contributed by atoms with van der Waals surface area (Å²) >= 11 is 0. The fourth-order valence-electron chi connectivity index (χ4n) is 1.55. The molecule has 2 unspecified atom stereocenters. The van der Waals surface area contributed by atoms with Crippen LogP contribution in [0.2, 0.25) is 0 Å². The van der Waals surface area contributed by atoms with Crippen LogP contribution in [0.1, 0.15) is 46.0 Å². The Bertz CT molecular complexity index is 84.3. The highest BCUT2D eigenvalue weighted by Gasteiger charge is 2.07. The maximum Gasteiger partial charge on any atom is 0.0568 e. The summed E-state index contributed by atoms with van der Waals surface area (Å²) in [4.78, 5) is 0. The molecule has 2 nitrogen and oxygen atoms in total. The van der Waals surface area contributed by atoms with E-state index in [1.807, 2.05) is 0 Å². The average Bonchev–Trinajstić information content (AvgIpc) is 2.19. The molecule has 0 aliphatic rings. The Hall–Kier alpha value is -0.0800. The van der Waals surface area contributed by atoms with E-state index in [2.05, 4.69) is 13.8 Å². The highest BCUT2D eigenvalue weighted by molar-refractivity contribution is 4.59. The van der Waals surface area contributed by atoms with Crippen molar-refractivity contribution in [3.05, 3.63) is 0 Å². The lowest BCUT2D eigenvalue weighted by atomic mass is 10.1. The zero-order valence-electron chi connectivity index (χ0n) is 9.51. The van der Waals surface area contributed by atoms with Gasteiger partial charge in [0.25, 0.3) is 0 Å². The van der Waals surface area contributed by atoms with Crippen LogP contribution in [-0.4, -0.2) is 26.4 Å². The van der Waals surface area contributed by atoms with Crippen molar-refractivity contribution in [2.24, 2.45) is 0 Å². The first-order chi connectivity index (χ1) is 6.28. The van der Waals surface area contributed by atoms with Crippen LogP contribution in [0.4, 0.5) is 0 Å². The van der Waals surface area contributed by atoms with Crippen molar-refractivity contribution in [2.75, 3.05) is 14.2 Å². The van der Waals surface area contributed by atoms with E-state index >= 15 is 0 Å². The second kappa shape index (κ2) is 8.52. The van der Waals surface area contributed by atoms with Gasteiger partial charge in [-0.15, -0.1) is 0 Å². The molecule has 0 saturated carbocycles. The van der Waals surface area contributed by atoms with Crippen molar-refractivity contribution in [1.29, 1.82) is 0 Å². The lowest BCUT2D eigenvalue weighted by Gasteiger charge is -2.15. The molecule has 2 atom stereocenters. The van der Waals surface area contributed by atoms with Crippen LogP contribution < -0.4 is 0 Å². The molecule has 0 aromatic heterocycles. The molecule has 0 radical (unpaired) electrons. The lowest BCUT2D eigenvalue weighted by Crippen LogP contribution is -2.12. The Kier molecular flexibility index (Phi) is 8.46. The molecule has 2 heteroatoms. The zero-order valence-corrected chi connectivity index (χ0v) is 9.51. The van der Waals surface area contributed by atoms with Gasteiger partial charge in [0, 0.05) is 14.2 Å². The summed E-state index contributed by atoms with van der Waals surface area (Å²) in [5, 5.41) is 0. The number of rotatable bonds is 8. The van der Waals surface area contributed by atoms with Gasteiger partial charge in [0.05, 0.1) is 12.2 Å². The maximum absolute atomic E-state index is 5.31. The van der Waals surface area contributed by atoms with Crippen LogP contribution in [-0.2, 0) is 9.47 Å². The van der Waals surface area contributed by atoms with E-state index in [9.17, 15) is 0 Å². The number of hydrogen-bond acceptors (Lipinski definition) is 2. The summed E-state index contributed by atoms with van der Waals surface area (Å²) in [6.45, 7) is 4.34. The monoisotopic (exact) mass is 188 g/mol. The third-order valence-electron chi connectivity index (χ3n) is 2.63. The Morgan fingerprint density at radius 2 is 1.23 bits per heavy atom. The second-order valence-electron chi connectivity index (χ2n) is 3.46. The lowest BCUT2D eigenvalue weighted by molar-refractivity contribution is 0.0685. The maximum atomic E-state index is 5.31. The van der Waals surface area contributed by atoms with E-state index in [0.29, 0.717) is 12.2 Å². The Morgan fingerprint density at radius 1 is 0.846 bits per heavy atom. The van der Waals surface area contributed by atoms with Crippen LogP contribution in [0.25, 0.3) is 0 Å². The van der Waals surface area contributed by atoms with E-state index in [0.717, 1.165) is 25.7 Å². The van der Waals surface area contributed by atoms with Gasteiger partial charge in [-0.1, -0.05) is 13.8 Å². The summed E-state index contributed by atoms with van der Waals surface area (Å²) in [5.41, 5.74) is 0. The molecular weight excluding hydrogens is 164 g/mol. The van der Waals surface area contributed by atoms with Crippen LogP contribution in [0, 0.1) is 0 Å². The van der Waals surface area contributed by atoms with E-state index in [4.69, 9.17) is 9.47 Å². The first-order valence-electron chi connectivity index (χ1n) is 5.34. The Labute approximate surface area is 82.6 Å². The van der Waals surface area contributed by atoms with Crippen LogP contribution in [0.15, 0.2) is 0 Å². The standard InChI is InChI=1S/C11H24O2/c1-5-10(12-3)8-7-9-11(6-2)13-4/h10-11H,5-9H2,1-4H3. The van der Waals surface area contributed by atoms with Gasteiger partial charge in [-0.05, 0) is 32.1 Å². The summed E-state index contributed by atoms with van der Waals surface area (Å²) < 4.78 is 10.6. The molecule has 0 heterocycles. The molecule has 0 N–H and O–H groups in total. The van der Waals surface area contributed by atoms with E-state index in [1.165, 1.54) is 6.42 Å². The van der Waals surface area contributed by atoms with Crippen molar-refractivity contribution in [3.63, 3.8) is 0 Å².